The average Bonchev–Trinajstić information content (AvgIpc) is 2.99. The first-order chi connectivity index (χ1) is 9.15. The minimum Gasteiger partial charge on any atom is -0.381 e. The summed E-state index contributed by atoms with van der Waals surface area (Å²) < 4.78 is 6.86. The molecule has 2 rings (SSSR count). The summed E-state index contributed by atoms with van der Waals surface area (Å²) in [5.74, 6) is -0.422. The number of amides is 2. The summed E-state index contributed by atoms with van der Waals surface area (Å²) in [5.41, 5.74) is 5.72. The summed E-state index contributed by atoms with van der Waals surface area (Å²) in [6.07, 6.45) is 5.08. The lowest BCUT2D eigenvalue weighted by molar-refractivity contribution is -0.120. The molecule has 1 saturated heterocycles. The van der Waals surface area contributed by atoms with Crippen molar-refractivity contribution in [2.45, 2.75) is 25.8 Å². The molecule has 0 saturated carbocycles. The summed E-state index contributed by atoms with van der Waals surface area (Å²) in [6, 6.07) is 0. The van der Waals surface area contributed by atoms with E-state index in [-0.39, 0.29) is 17.7 Å². The van der Waals surface area contributed by atoms with Crippen LogP contribution in [0, 0.1) is 5.92 Å². The Balaban J connectivity index is 1.79. The summed E-state index contributed by atoms with van der Waals surface area (Å²) in [6.45, 7) is 1.73. The maximum Gasteiger partial charge on any atom is 0.229 e. The minimum absolute atomic E-state index is 0.0332. The van der Waals surface area contributed by atoms with Crippen LogP contribution in [0.1, 0.15) is 19.3 Å². The molecule has 7 nitrogen and oxygen atoms in total. The normalized spacial score (nSPS) is 18.4. The third-order valence-corrected chi connectivity index (χ3v) is 3.01. The highest BCUT2D eigenvalue weighted by Crippen LogP contribution is 2.15. The van der Waals surface area contributed by atoms with Gasteiger partial charge in [-0.25, -0.2) is 0 Å². The molecule has 104 valence electrons. The van der Waals surface area contributed by atoms with Gasteiger partial charge in [0.1, 0.15) is 0 Å². The molecular weight excluding hydrogens is 248 g/mol. The molecule has 3 N–H and O–H groups in total. The van der Waals surface area contributed by atoms with Crippen LogP contribution in [0.5, 0.6) is 0 Å². The lowest BCUT2D eigenvalue weighted by Crippen LogP contribution is -2.22. The average molecular weight is 266 g/mol. The Hall–Kier alpha value is -1.89. The van der Waals surface area contributed by atoms with Crippen molar-refractivity contribution in [3.8, 4) is 0 Å². The highest BCUT2D eigenvalue weighted by Gasteiger charge is 2.23. The number of nitrogens with two attached hydrogens (primary N) is 1. The zero-order chi connectivity index (χ0) is 13.7. The van der Waals surface area contributed by atoms with E-state index in [9.17, 15) is 9.59 Å². The summed E-state index contributed by atoms with van der Waals surface area (Å²) in [5, 5.41) is 6.92. The van der Waals surface area contributed by atoms with Crippen LogP contribution in [-0.4, -0.2) is 34.8 Å². The number of primary amides is 1. The first kappa shape index (κ1) is 13.5. The van der Waals surface area contributed by atoms with Gasteiger partial charge < -0.3 is 15.8 Å². The fourth-order valence-electron chi connectivity index (χ4n) is 1.95. The van der Waals surface area contributed by atoms with E-state index in [0.717, 1.165) is 6.42 Å². The Bertz CT molecular complexity index is 452. The second-order valence-electron chi connectivity index (χ2n) is 4.61. The zero-order valence-corrected chi connectivity index (χ0v) is 10.7. The molecule has 1 fully saturated rings. The molecule has 2 amide bonds. The van der Waals surface area contributed by atoms with Crippen LogP contribution in [-0.2, 0) is 20.9 Å². The van der Waals surface area contributed by atoms with Gasteiger partial charge in [-0.3, -0.25) is 14.3 Å². The molecule has 1 aromatic rings. The van der Waals surface area contributed by atoms with Crippen LogP contribution in [0.4, 0.5) is 5.69 Å². The number of ether oxygens (including phenoxy) is 1. The van der Waals surface area contributed by atoms with Crippen molar-refractivity contribution < 1.29 is 14.3 Å². The van der Waals surface area contributed by atoms with Gasteiger partial charge in [-0.15, -0.1) is 0 Å². The Labute approximate surface area is 111 Å². The number of hydrogen-bond donors (Lipinski definition) is 2. The number of rotatable bonds is 6. The number of aromatic nitrogens is 2. The van der Waals surface area contributed by atoms with Crippen LogP contribution in [0.3, 0.4) is 0 Å². The highest BCUT2D eigenvalue weighted by atomic mass is 16.5. The molecule has 1 unspecified atom stereocenters. The van der Waals surface area contributed by atoms with Gasteiger partial charge in [0.25, 0.3) is 0 Å². The van der Waals surface area contributed by atoms with Gasteiger partial charge >= 0.3 is 0 Å². The van der Waals surface area contributed by atoms with E-state index in [1.54, 1.807) is 17.1 Å². The van der Waals surface area contributed by atoms with E-state index < -0.39 is 0 Å². The fourth-order valence-corrected chi connectivity index (χ4v) is 1.95. The molecule has 2 heterocycles. The second-order valence-corrected chi connectivity index (χ2v) is 4.61. The molecule has 0 bridgehead atoms. The standard InChI is InChI=1S/C12H18N4O3/c13-11(17)2-1-4-16-7-10(6-14-16)15-12(18)9-3-5-19-8-9/h6-7,9H,1-5,8H2,(H2,13,17)(H,15,18). The molecule has 0 spiro atoms. The molecule has 7 heteroatoms. The monoisotopic (exact) mass is 266 g/mol. The zero-order valence-electron chi connectivity index (χ0n) is 10.7. The van der Waals surface area contributed by atoms with E-state index in [1.165, 1.54) is 0 Å². The smallest absolute Gasteiger partial charge is 0.229 e. The van der Waals surface area contributed by atoms with Crippen molar-refractivity contribution >= 4 is 17.5 Å². The van der Waals surface area contributed by atoms with E-state index in [0.29, 0.717) is 38.3 Å². The van der Waals surface area contributed by atoms with Crippen molar-refractivity contribution in [3.63, 3.8) is 0 Å². The topological polar surface area (TPSA) is 99.2 Å². The van der Waals surface area contributed by atoms with Crippen molar-refractivity contribution in [3.05, 3.63) is 12.4 Å². The molecule has 1 aliphatic rings. The molecule has 0 aromatic carbocycles. The van der Waals surface area contributed by atoms with E-state index in [1.807, 2.05) is 0 Å². The molecule has 0 radical (unpaired) electrons. The summed E-state index contributed by atoms with van der Waals surface area (Å²) >= 11 is 0. The number of anilines is 1. The maximum absolute atomic E-state index is 11.8. The summed E-state index contributed by atoms with van der Waals surface area (Å²) in [7, 11) is 0. The molecule has 0 aliphatic carbocycles. The number of hydrogen-bond acceptors (Lipinski definition) is 4. The van der Waals surface area contributed by atoms with Gasteiger partial charge in [0.15, 0.2) is 0 Å². The molecule has 1 aliphatic heterocycles. The van der Waals surface area contributed by atoms with Crippen LogP contribution < -0.4 is 11.1 Å². The lowest BCUT2D eigenvalue weighted by Gasteiger charge is -2.06. The van der Waals surface area contributed by atoms with E-state index in [4.69, 9.17) is 10.5 Å². The van der Waals surface area contributed by atoms with Gasteiger partial charge in [0.2, 0.25) is 11.8 Å². The van der Waals surface area contributed by atoms with Gasteiger partial charge in [-0.05, 0) is 12.8 Å². The van der Waals surface area contributed by atoms with E-state index in [2.05, 4.69) is 10.4 Å². The van der Waals surface area contributed by atoms with Crippen molar-refractivity contribution in [1.29, 1.82) is 0 Å². The maximum atomic E-state index is 11.8. The quantitative estimate of drug-likeness (QED) is 0.764. The Morgan fingerprint density at radius 2 is 2.42 bits per heavy atom. The number of aryl methyl sites for hydroxylation is 1. The highest BCUT2D eigenvalue weighted by molar-refractivity contribution is 5.92. The predicted molar refractivity (Wildman–Crippen MR) is 68.2 cm³/mol. The van der Waals surface area contributed by atoms with Crippen molar-refractivity contribution in [1.82, 2.24) is 9.78 Å². The molecule has 1 aromatic heterocycles. The largest absolute Gasteiger partial charge is 0.381 e. The third kappa shape index (κ3) is 4.06. The number of carbonyl (C=O) groups excluding carboxylic acids is 2. The predicted octanol–water partition coefficient (Wildman–Crippen LogP) is 0.124. The van der Waals surface area contributed by atoms with Gasteiger partial charge in [0.05, 0.1) is 24.4 Å². The Kier molecular flexibility index (Phi) is 4.51. The number of nitrogens with zero attached hydrogens (tertiary/aromatic N) is 2. The van der Waals surface area contributed by atoms with Crippen molar-refractivity contribution in [2.75, 3.05) is 18.5 Å². The first-order valence-electron chi connectivity index (χ1n) is 6.34. The molecule has 1 atom stereocenters. The molecule has 19 heavy (non-hydrogen) atoms. The van der Waals surface area contributed by atoms with Crippen LogP contribution in [0.25, 0.3) is 0 Å². The Morgan fingerprint density at radius 1 is 1.58 bits per heavy atom. The van der Waals surface area contributed by atoms with Crippen LogP contribution >= 0.6 is 0 Å². The SMILES string of the molecule is NC(=O)CCCn1cc(NC(=O)C2CCOC2)cn1. The molecular formula is C12H18N4O3. The summed E-state index contributed by atoms with van der Waals surface area (Å²) in [4.78, 5) is 22.4. The van der Waals surface area contributed by atoms with Gasteiger partial charge in [0, 0.05) is 25.8 Å². The van der Waals surface area contributed by atoms with Crippen LogP contribution in [0.15, 0.2) is 12.4 Å². The van der Waals surface area contributed by atoms with Gasteiger partial charge in [-0.2, -0.15) is 5.10 Å². The number of nitrogens with one attached hydrogen (secondary N) is 1. The lowest BCUT2D eigenvalue weighted by atomic mass is 10.1. The van der Waals surface area contributed by atoms with Crippen LogP contribution in [0.2, 0.25) is 0 Å². The minimum atomic E-state index is -0.318. The van der Waals surface area contributed by atoms with E-state index >= 15 is 0 Å². The fraction of sp³-hybridized carbons (Fsp3) is 0.583. The number of carbonyl (C=O) groups is 2. The Morgan fingerprint density at radius 3 is 3.11 bits per heavy atom. The van der Waals surface area contributed by atoms with Crippen molar-refractivity contribution in [2.24, 2.45) is 11.7 Å². The first-order valence-corrected chi connectivity index (χ1v) is 6.34. The van der Waals surface area contributed by atoms with Gasteiger partial charge in [-0.1, -0.05) is 0 Å². The second kappa shape index (κ2) is 6.33. The third-order valence-electron chi connectivity index (χ3n) is 3.01.